The molecule has 1 aromatic carbocycles. The number of carbonyl (C=O) groups excluding carboxylic acids is 1. The third-order valence-electron chi connectivity index (χ3n) is 5.92. The molecule has 1 N–H and O–H groups in total. The molecule has 2 bridgehead atoms. The molecule has 1 amide bonds. The van der Waals surface area contributed by atoms with Crippen LogP contribution in [0, 0.1) is 5.92 Å². The molecule has 5 nitrogen and oxygen atoms in total. The zero-order valence-corrected chi connectivity index (χ0v) is 14.8. The first-order valence-corrected chi connectivity index (χ1v) is 9.12. The van der Waals surface area contributed by atoms with E-state index in [1.807, 2.05) is 6.92 Å². The predicted octanol–water partition coefficient (Wildman–Crippen LogP) is 1.08. The molecule has 4 aliphatic heterocycles. The predicted molar refractivity (Wildman–Crippen MR) is 95.3 cm³/mol. The van der Waals surface area contributed by atoms with Crippen molar-refractivity contribution in [2.75, 3.05) is 32.1 Å². The van der Waals surface area contributed by atoms with Gasteiger partial charge in [-0.25, -0.2) is 5.01 Å². The van der Waals surface area contributed by atoms with E-state index in [2.05, 4.69) is 43.3 Å². The molecule has 0 spiro atoms. The molecule has 5 heteroatoms. The lowest BCUT2D eigenvalue weighted by Crippen LogP contribution is -3.20. The van der Waals surface area contributed by atoms with Crippen LogP contribution in [0.15, 0.2) is 29.4 Å². The van der Waals surface area contributed by atoms with Gasteiger partial charge >= 0.3 is 0 Å². The van der Waals surface area contributed by atoms with E-state index in [4.69, 9.17) is 5.10 Å². The topological polar surface area (TPSA) is 40.4 Å². The number of carbonyl (C=O) groups is 1. The summed E-state index contributed by atoms with van der Waals surface area (Å²) in [5.74, 6) is 0.726. The van der Waals surface area contributed by atoms with Crippen LogP contribution in [0.1, 0.15) is 37.8 Å². The van der Waals surface area contributed by atoms with Crippen LogP contribution in [-0.4, -0.2) is 49.9 Å². The van der Waals surface area contributed by atoms with Crippen LogP contribution in [0.5, 0.6) is 0 Å². The second-order valence-corrected chi connectivity index (χ2v) is 7.46. The molecule has 4 aliphatic rings. The van der Waals surface area contributed by atoms with Crippen LogP contribution in [0.2, 0.25) is 0 Å². The maximum Gasteiger partial charge on any atom is 0.243 e. The van der Waals surface area contributed by atoms with Crippen molar-refractivity contribution in [3.05, 3.63) is 29.8 Å². The summed E-state index contributed by atoms with van der Waals surface area (Å²) in [5.41, 5.74) is 3.68. The Hall–Kier alpha value is -1.88. The number of rotatable bonds is 3. The van der Waals surface area contributed by atoms with Crippen LogP contribution in [0.4, 0.5) is 5.69 Å². The van der Waals surface area contributed by atoms with Gasteiger partial charge in [-0.15, -0.1) is 0 Å². The maximum atomic E-state index is 12.6. The fourth-order valence-electron chi connectivity index (χ4n) is 4.59. The van der Waals surface area contributed by atoms with Gasteiger partial charge in [-0.3, -0.25) is 4.79 Å². The molecule has 24 heavy (non-hydrogen) atoms. The van der Waals surface area contributed by atoms with Gasteiger partial charge < -0.3 is 9.80 Å². The Labute approximate surface area is 143 Å². The number of fused-ring (bicyclic) bond motifs is 2. The minimum Gasteiger partial charge on any atom is -0.378 e. The van der Waals surface area contributed by atoms with Crippen molar-refractivity contribution < 1.29 is 9.69 Å². The summed E-state index contributed by atoms with van der Waals surface area (Å²) in [6.45, 7) is 4.36. The van der Waals surface area contributed by atoms with E-state index in [1.165, 1.54) is 42.9 Å². The number of hydrogen-bond acceptors (Lipinski definition) is 3. The number of benzene rings is 1. The van der Waals surface area contributed by atoms with Crippen molar-refractivity contribution >= 4 is 17.3 Å². The highest BCUT2D eigenvalue weighted by Crippen LogP contribution is 2.37. The first kappa shape index (κ1) is 15.6. The fraction of sp³-hybridized carbons (Fsp3) is 0.579. The van der Waals surface area contributed by atoms with Crippen LogP contribution in [-0.2, 0) is 4.79 Å². The lowest BCUT2D eigenvalue weighted by molar-refractivity contribution is -0.927. The summed E-state index contributed by atoms with van der Waals surface area (Å²) in [4.78, 5) is 16.3. The third-order valence-corrected chi connectivity index (χ3v) is 5.92. The van der Waals surface area contributed by atoms with Gasteiger partial charge in [0.05, 0.1) is 13.1 Å². The monoisotopic (exact) mass is 327 g/mol. The van der Waals surface area contributed by atoms with Crippen LogP contribution in [0.25, 0.3) is 0 Å². The number of hydrazone groups is 1. The molecule has 0 unspecified atom stereocenters. The van der Waals surface area contributed by atoms with E-state index in [0.717, 1.165) is 0 Å². The quantitative estimate of drug-likeness (QED) is 0.902. The van der Waals surface area contributed by atoms with Gasteiger partial charge in [0.25, 0.3) is 0 Å². The normalized spacial score (nSPS) is 31.0. The van der Waals surface area contributed by atoms with Crippen molar-refractivity contribution in [3.63, 3.8) is 0 Å². The first-order valence-electron chi connectivity index (χ1n) is 9.12. The van der Waals surface area contributed by atoms with Crippen LogP contribution < -0.4 is 9.80 Å². The summed E-state index contributed by atoms with van der Waals surface area (Å²) in [6, 6.07) is 9.08. The van der Waals surface area contributed by atoms with Gasteiger partial charge in [-0.05, 0) is 17.7 Å². The number of quaternary nitrogens is 1. The molecule has 3 fully saturated rings. The molecule has 0 saturated carbocycles. The van der Waals surface area contributed by atoms with Gasteiger partial charge in [-0.1, -0.05) is 19.1 Å². The summed E-state index contributed by atoms with van der Waals surface area (Å²) in [6.07, 6.45) is 2.96. The molecule has 2 atom stereocenters. The van der Waals surface area contributed by atoms with Gasteiger partial charge in [0.1, 0.15) is 11.8 Å². The summed E-state index contributed by atoms with van der Waals surface area (Å²) in [7, 11) is 4.10. The molecule has 3 saturated heterocycles. The van der Waals surface area contributed by atoms with Crippen LogP contribution in [0.3, 0.4) is 0 Å². The van der Waals surface area contributed by atoms with Crippen molar-refractivity contribution in [3.8, 4) is 0 Å². The molecule has 0 radical (unpaired) electrons. The Bertz CT molecular complexity index is 658. The largest absolute Gasteiger partial charge is 0.378 e. The number of piperidine rings is 3. The minimum absolute atomic E-state index is 0.0711. The van der Waals surface area contributed by atoms with Gasteiger partial charge in [0.2, 0.25) is 5.91 Å². The molecule has 0 aromatic heterocycles. The summed E-state index contributed by atoms with van der Waals surface area (Å²) < 4.78 is 0. The highest BCUT2D eigenvalue weighted by molar-refractivity contribution is 5.96. The molecule has 1 aromatic rings. The highest BCUT2D eigenvalue weighted by atomic mass is 16.2. The van der Waals surface area contributed by atoms with Gasteiger partial charge in [0, 0.05) is 45.0 Å². The Morgan fingerprint density at radius 2 is 1.92 bits per heavy atom. The zero-order chi connectivity index (χ0) is 16.8. The first-order chi connectivity index (χ1) is 11.6. The van der Waals surface area contributed by atoms with Crippen molar-refractivity contribution in [1.29, 1.82) is 0 Å². The highest BCUT2D eigenvalue weighted by Gasteiger charge is 2.54. The van der Waals surface area contributed by atoms with E-state index >= 15 is 0 Å². The summed E-state index contributed by atoms with van der Waals surface area (Å²) in [5, 5.41) is 6.65. The van der Waals surface area contributed by atoms with E-state index in [9.17, 15) is 4.79 Å². The van der Waals surface area contributed by atoms with Crippen molar-refractivity contribution in [2.45, 2.75) is 38.3 Å². The SMILES string of the molecule is CCC(=O)N1N=C2C3CC[NH+](CC3)[C@H]2[C@H]1c1ccc(N(C)C)cc1. The lowest BCUT2D eigenvalue weighted by atomic mass is 9.78. The smallest absolute Gasteiger partial charge is 0.243 e. The zero-order valence-electron chi connectivity index (χ0n) is 14.8. The van der Waals surface area contributed by atoms with Gasteiger partial charge in [0.15, 0.2) is 6.04 Å². The standard InChI is InChI=1S/C19H26N4O/c1-4-16(24)23-18(14-5-7-15(8-6-14)21(2)3)19-17(20-23)13-9-11-22(19)12-10-13/h5-8,13,18-19H,4,9-12H2,1-3H3/p+1/t18-,19-/m1/s1. The Morgan fingerprint density at radius 1 is 1.25 bits per heavy atom. The average Bonchev–Trinajstić information content (AvgIpc) is 3.04. The minimum atomic E-state index is 0.0711. The Balaban J connectivity index is 1.72. The average molecular weight is 327 g/mol. The molecular formula is C19H27N4O+. The van der Waals surface area contributed by atoms with Crippen LogP contribution >= 0.6 is 0 Å². The maximum absolute atomic E-state index is 12.6. The second kappa shape index (κ2) is 5.88. The molecule has 128 valence electrons. The van der Waals surface area contributed by atoms with Gasteiger partial charge in [-0.2, -0.15) is 5.10 Å². The molecule has 5 rings (SSSR count). The Kier molecular flexibility index (Phi) is 3.83. The number of hydrogen-bond donors (Lipinski definition) is 1. The number of nitrogens with one attached hydrogen (secondary N) is 1. The summed E-state index contributed by atoms with van der Waals surface area (Å²) >= 11 is 0. The molecule has 0 aliphatic carbocycles. The molecular weight excluding hydrogens is 300 g/mol. The second-order valence-electron chi connectivity index (χ2n) is 7.46. The van der Waals surface area contributed by atoms with Crippen molar-refractivity contribution in [2.24, 2.45) is 11.0 Å². The number of amides is 1. The van der Waals surface area contributed by atoms with E-state index < -0.39 is 0 Å². The Morgan fingerprint density at radius 3 is 2.50 bits per heavy atom. The molecule has 4 heterocycles. The van der Waals surface area contributed by atoms with Crippen molar-refractivity contribution in [1.82, 2.24) is 5.01 Å². The van der Waals surface area contributed by atoms with E-state index in [0.29, 0.717) is 18.4 Å². The third kappa shape index (κ3) is 2.34. The number of nitrogens with zero attached hydrogens (tertiary/aromatic N) is 3. The van der Waals surface area contributed by atoms with E-state index in [1.54, 1.807) is 9.91 Å². The fourth-order valence-corrected chi connectivity index (χ4v) is 4.59. The van der Waals surface area contributed by atoms with E-state index in [-0.39, 0.29) is 11.9 Å². The number of anilines is 1. The lowest BCUT2D eigenvalue weighted by Gasteiger charge is -2.42.